The van der Waals surface area contributed by atoms with E-state index in [1.54, 1.807) is 12.2 Å². The molecule has 7 heteroatoms. The number of nitrogens with one attached hydrogen (secondary N) is 2. The highest BCUT2D eigenvalue weighted by Crippen LogP contribution is 2.24. The van der Waals surface area contributed by atoms with E-state index < -0.39 is 18.1 Å². The lowest BCUT2D eigenvalue weighted by molar-refractivity contribution is -0.130. The van der Waals surface area contributed by atoms with Crippen molar-refractivity contribution >= 4 is 11.8 Å². The Labute approximate surface area is 204 Å². The van der Waals surface area contributed by atoms with Crippen LogP contribution in [0, 0.1) is 5.41 Å². The van der Waals surface area contributed by atoms with Gasteiger partial charge in [-0.3, -0.25) is 9.59 Å². The molecule has 1 rings (SSSR count). The summed E-state index contributed by atoms with van der Waals surface area (Å²) in [5.41, 5.74) is 13.7. The fourth-order valence-electron chi connectivity index (χ4n) is 3.73. The Balaban J connectivity index is 2.59. The first kappa shape index (κ1) is 29.3. The maximum absolute atomic E-state index is 12.6. The Morgan fingerprint density at radius 3 is 2.24 bits per heavy atom. The molecule has 0 heterocycles. The molecule has 1 aromatic carbocycles. The van der Waals surface area contributed by atoms with Gasteiger partial charge in [-0.15, -0.1) is 0 Å². The summed E-state index contributed by atoms with van der Waals surface area (Å²) in [7, 11) is 0. The molecule has 0 aliphatic carbocycles. The fourth-order valence-corrected chi connectivity index (χ4v) is 3.73. The lowest BCUT2D eigenvalue weighted by Crippen LogP contribution is -2.51. The van der Waals surface area contributed by atoms with Crippen molar-refractivity contribution in [2.45, 2.75) is 64.1 Å². The highest BCUT2D eigenvalue weighted by molar-refractivity contribution is 5.81. The molecule has 188 valence electrons. The topological polar surface area (TPSA) is 130 Å². The third-order valence-electron chi connectivity index (χ3n) is 6.33. The van der Waals surface area contributed by atoms with Crippen molar-refractivity contribution < 1.29 is 14.7 Å². The fraction of sp³-hybridized carbons (Fsp3) is 0.481. The van der Waals surface area contributed by atoms with E-state index in [1.807, 2.05) is 50.3 Å². The highest BCUT2D eigenvalue weighted by atomic mass is 16.3. The molecular weight excluding hydrogens is 428 g/mol. The van der Waals surface area contributed by atoms with Gasteiger partial charge in [-0.2, -0.15) is 0 Å². The predicted molar refractivity (Wildman–Crippen MR) is 139 cm³/mol. The first-order chi connectivity index (χ1) is 16.2. The minimum absolute atomic E-state index is 0.142. The van der Waals surface area contributed by atoms with E-state index in [0.717, 1.165) is 24.0 Å². The molecule has 0 saturated heterocycles. The lowest BCUT2D eigenvalue weighted by atomic mass is 9.82. The maximum atomic E-state index is 12.6. The number of nitrogens with two attached hydrogens (primary N) is 2. The average molecular weight is 471 g/mol. The summed E-state index contributed by atoms with van der Waals surface area (Å²) >= 11 is 0. The number of aliphatic hydroxyl groups excluding tert-OH is 1. The van der Waals surface area contributed by atoms with Crippen LogP contribution in [0.3, 0.4) is 0 Å². The van der Waals surface area contributed by atoms with Crippen LogP contribution in [-0.4, -0.2) is 48.2 Å². The van der Waals surface area contributed by atoms with Crippen molar-refractivity contribution in [3.63, 3.8) is 0 Å². The van der Waals surface area contributed by atoms with Crippen LogP contribution >= 0.6 is 0 Å². The van der Waals surface area contributed by atoms with E-state index in [2.05, 4.69) is 23.8 Å². The number of carbonyl (C=O) groups excluding carboxylic acids is 2. The van der Waals surface area contributed by atoms with Gasteiger partial charge in [0.15, 0.2) is 0 Å². The van der Waals surface area contributed by atoms with Crippen molar-refractivity contribution in [3.05, 3.63) is 72.9 Å². The van der Waals surface area contributed by atoms with Crippen LogP contribution in [0.25, 0.3) is 0 Å². The number of allylic oxidation sites excluding steroid dienone is 3. The number of hydrogen-bond acceptors (Lipinski definition) is 5. The summed E-state index contributed by atoms with van der Waals surface area (Å²) < 4.78 is 0. The second kappa shape index (κ2) is 15.2. The molecule has 2 amide bonds. The summed E-state index contributed by atoms with van der Waals surface area (Å²) in [6, 6.07) is 8.46. The van der Waals surface area contributed by atoms with Crippen molar-refractivity contribution in [2.24, 2.45) is 16.9 Å². The molecule has 0 aromatic heterocycles. The molecular formula is C27H42N4O3. The van der Waals surface area contributed by atoms with Gasteiger partial charge in [-0.1, -0.05) is 75.6 Å². The van der Waals surface area contributed by atoms with Crippen molar-refractivity contribution in [3.8, 4) is 0 Å². The van der Waals surface area contributed by atoms with E-state index in [4.69, 9.17) is 11.5 Å². The minimum Gasteiger partial charge on any atom is -0.382 e. The summed E-state index contributed by atoms with van der Waals surface area (Å²) in [6.45, 7) is 12.2. The second-order valence-electron chi connectivity index (χ2n) is 8.85. The molecule has 3 unspecified atom stereocenters. The number of benzene rings is 1. The van der Waals surface area contributed by atoms with Gasteiger partial charge in [0.1, 0.15) is 6.10 Å². The van der Waals surface area contributed by atoms with E-state index in [-0.39, 0.29) is 23.8 Å². The Kier molecular flexibility index (Phi) is 13.1. The smallest absolute Gasteiger partial charge is 0.250 e. The van der Waals surface area contributed by atoms with Gasteiger partial charge < -0.3 is 27.2 Å². The van der Waals surface area contributed by atoms with Crippen LogP contribution in [0.2, 0.25) is 0 Å². The Bertz CT molecular complexity index is 818. The van der Waals surface area contributed by atoms with Gasteiger partial charge in [0.2, 0.25) is 11.8 Å². The van der Waals surface area contributed by atoms with Crippen molar-refractivity contribution in [1.29, 1.82) is 0 Å². The number of amides is 2. The van der Waals surface area contributed by atoms with E-state index in [1.165, 1.54) is 0 Å². The average Bonchev–Trinajstić information content (AvgIpc) is 2.84. The van der Waals surface area contributed by atoms with Gasteiger partial charge in [0.25, 0.3) is 0 Å². The highest BCUT2D eigenvalue weighted by Gasteiger charge is 2.30. The second-order valence-corrected chi connectivity index (χ2v) is 8.85. The molecule has 1 aromatic rings. The molecule has 7 nitrogen and oxygen atoms in total. The van der Waals surface area contributed by atoms with Gasteiger partial charge in [0.05, 0.1) is 0 Å². The summed E-state index contributed by atoms with van der Waals surface area (Å²) in [4.78, 5) is 25.0. The SMILES string of the molecule is C=C/C=C(\C=C)CC(N)CC(=O)NCC(CC)(CC)CNC(=O)C(O)C(N)Cc1ccccc1. The minimum atomic E-state index is -1.32. The Hall–Kier alpha value is -2.74. The van der Waals surface area contributed by atoms with Gasteiger partial charge in [-0.05, 0) is 36.8 Å². The normalized spacial score (nSPS) is 14.6. The predicted octanol–water partition coefficient (Wildman–Crippen LogP) is 2.36. The quantitative estimate of drug-likeness (QED) is 0.237. The number of rotatable bonds is 16. The van der Waals surface area contributed by atoms with Crippen molar-refractivity contribution in [2.75, 3.05) is 13.1 Å². The van der Waals surface area contributed by atoms with Crippen LogP contribution in [-0.2, 0) is 16.0 Å². The van der Waals surface area contributed by atoms with Gasteiger partial charge in [0, 0.05) is 37.0 Å². The molecule has 0 saturated carbocycles. The Morgan fingerprint density at radius 2 is 1.68 bits per heavy atom. The largest absolute Gasteiger partial charge is 0.382 e. The zero-order valence-corrected chi connectivity index (χ0v) is 20.6. The molecule has 34 heavy (non-hydrogen) atoms. The summed E-state index contributed by atoms with van der Waals surface area (Å²) in [6.07, 6.45) is 6.48. The number of carbonyl (C=O) groups is 2. The molecule has 3 atom stereocenters. The molecule has 0 fully saturated rings. The van der Waals surface area contributed by atoms with E-state index in [9.17, 15) is 14.7 Å². The molecule has 0 radical (unpaired) electrons. The van der Waals surface area contributed by atoms with Crippen LogP contribution in [0.4, 0.5) is 0 Å². The Morgan fingerprint density at radius 1 is 1.06 bits per heavy atom. The van der Waals surface area contributed by atoms with Crippen LogP contribution < -0.4 is 22.1 Å². The zero-order chi connectivity index (χ0) is 25.6. The maximum Gasteiger partial charge on any atom is 0.250 e. The van der Waals surface area contributed by atoms with E-state index >= 15 is 0 Å². The molecule has 0 bridgehead atoms. The molecule has 7 N–H and O–H groups in total. The van der Waals surface area contributed by atoms with Crippen molar-refractivity contribution in [1.82, 2.24) is 10.6 Å². The monoisotopic (exact) mass is 470 g/mol. The number of aliphatic hydroxyl groups is 1. The zero-order valence-electron chi connectivity index (χ0n) is 20.6. The third-order valence-corrected chi connectivity index (χ3v) is 6.33. The van der Waals surface area contributed by atoms with Crippen LogP contribution in [0.15, 0.2) is 67.3 Å². The first-order valence-electron chi connectivity index (χ1n) is 11.9. The van der Waals surface area contributed by atoms with Crippen LogP contribution in [0.1, 0.15) is 45.1 Å². The summed E-state index contributed by atoms with van der Waals surface area (Å²) in [5.74, 6) is -0.647. The number of hydrogen-bond donors (Lipinski definition) is 5. The first-order valence-corrected chi connectivity index (χ1v) is 11.9. The van der Waals surface area contributed by atoms with Gasteiger partial charge in [-0.25, -0.2) is 0 Å². The van der Waals surface area contributed by atoms with Crippen LogP contribution in [0.5, 0.6) is 0 Å². The molecule has 0 aliphatic heterocycles. The lowest BCUT2D eigenvalue weighted by Gasteiger charge is -2.33. The molecule has 0 spiro atoms. The third kappa shape index (κ3) is 10.0. The van der Waals surface area contributed by atoms with E-state index in [0.29, 0.717) is 25.9 Å². The van der Waals surface area contributed by atoms with Gasteiger partial charge >= 0.3 is 0 Å². The molecule has 0 aliphatic rings. The standard InChI is InChI=1S/C27H42N4O3/c1-5-12-20(6-2)15-22(28)17-24(32)30-18-27(7-3,8-4)19-31-26(34)25(33)23(29)16-21-13-10-9-11-14-21/h5-6,9-14,22-23,25,33H,1-2,7-8,15-19,28-29H2,3-4H3,(H,30,32)(H,31,34)/b20-12+. The summed E-state index contributed by atoms with van der Waals surface area (Å²) in [5, 5.41) is 16.2.